The fraction of sp³-hybridized carbons (Fsp3) is 0.387. The van der Waals surface area contributed by atoms with E-state index < -0.39 is 5.95 Å². The van der Waals surface area contributed by atoms with E-state index in [1.54, 1.807) is 6.07 Å². The predicted octanol–water partition coefficient (Wildman–Crippen LogP) is 8.32. The Morgan fingerprint density at radius 3 is 2.06 bits per heavy atom. The van der Waals surface area contributed by atoms with Gasteiger partial charge in [0, 0.05) is 12.2 Å². The summed E-state index contributed by atoms with van der Waals surface area (Å²) in [7, 11) is 0. The molecule has 0 saturated heterocycles. The van der Waals surface area contributed by atoms with Crippen LogP contribution in [0.1, 0.15) is 56.9 Å². The van der Waals surface area contributed by atoms with Crippen LogP contribution in [0.4, 0.5) is 4.39 Å². The molecule has 4 heteroatoms. The molecule has 0 aliphatic heterocycles. The summed E-state index contributed by atoms with van der Waals surface area (Å²) >= 11 is 0. The molecule has 0 spiro atoms. The molecule has 1 aliphatic rings. The van der Waals surface area contributed by atoms with Crippen molar-refractivity contribution < 1.29 is 13.9 Å². The SMILES string of the molecule is C=C1CCC(OCCCCCCOc2ccc(-c3ccc(-c4ccc(C)cc4)cc3)nc2F)CC1. The normalized spacial score (nSPS) is 14.3. The zero-order valence-electron chi connectivity index (χ0n) is 20.8. The lowest BCUT2D eigenvalue weighted by atomic mass is 9.94. The number of unbranched alkanes of at least 4 members (excludes halogenated alkanes) is 3. The van der Waals surface area contributed by atoms with E-state index in [0.717, 1.165) is 74.7 Å². The zero-order chi connectivity index (χ0) is 24.5. The molecule has 0 atom stereocenters. The number of ether oxygens (including phenoxy) is 2. The van der Waals surface area contributed by atoms with Crippen molar-refractivity contribution in [1.82, 2.24) is 4.98 Å². The number of pyridine rings is 1. The highest BCUT2D eigenvalue weighted by Crippen LogP contribution is 2.27. The van der Waals surface area contributed by atoms with Gasteiger partial charge in [0.1, 0.15) is 0 Å². The highest BCUT2D eigenvalue weighted by atomic mass is 19.1. The van der Waals surface area contributed by atoms with Gasteiger partial charge >= 0.3 is 0 Å². The van der Waals surface area contributed by atoms with Gasteiger partial charge in [-0.05, 0) is 75.1 Å². The summed E-state index contributed by atoms with van der Waals surface area (Å²) < 4.78 is 26.2. The number of hydrogen-bond acceptors (Lipinski definition) is 3. The highest BCUT2D eigenvalue weighted by Gasteiger charge is 2.15. The molecule has 0 amide bonds. The van der Waals surface area contributed by atoms with E-state index >= 15 is 0 Å². The third-order valence-electron chi connectivity index (χ3n) is 6.67. The van der Waals surface area contributed by atoms with Crippen LogP contribution in [0.15, 0.2) is 72.8 Å². The molecule has 0 N–H and O–H groups in total. The number of benzene rings is 2. The fourth-order valence-corrected chi connectivity index (χ4v) is 4.43. The Hall–Kier alpha value is -2.98. The maximum absolute atomic E-state index is 14.5. The van der Waals surface area contributed by atoms with Gasteiger partial charge in [0.05, 0.1) is 18.4 Å². The number of aromatic nitrogens is 1. The third kappa shape index (κ3) is 7.50. The molecular weight excluding hydrogens is 437 g/mol. The quantitative estimate of drug-likeness (QED) is 0.159. The highest BCUT2D eigenvalue weighted by molar-refractivity contribution is 5.69. The summed E-state index contributed by atoms with van der Waals surface area (Å²) in [4.78, 5) is 4.13. The second kappa shape index (κ2) is 12.6. The summed E-state index contributed by atoms with van der Waals surface area (Å²) in [6.45, 7) is 7.45. The summed E-state index contributed by atoms with van der Waals surface area (Å²) in [5.74, 6) is -0.346. The van der Waals surface area contributed by atoms with Crippen LogP contribution in [0, 0.1) is 12.9 Å². The molecule has 3 aromatic rings. The monoisotopic (exact) mass is 473 g/mol. The van der Waals surface area contributed by atoms with Gasteiger partial charge in [-0.3, -0.25) is 0 Å². The second-order valence-electron chi connectivity index (χ2n) is 9.51. The first-order valence-corrected chi connectivity index (χ1v) is 12.8. The van der Waals surface area contributed by atoms with Crippen LogP contribution in [0.3, 0.4) is 0 Å². The van der Waals surface area contributed by atoms with Crippen LogP contribution in [0.25, 0.3) is 22.4 Å². The molecule has 0 radical (unpaired) electrons. The van der Waals surface area contributed by atoms with Gasteiger partial charge in [0.2, 0.25) is 0 Å². The van der Waals surface area contributed by atoms with Gasteiger partial charge in [-0.15, -0.1) is 0 Å². The Morgan fingerprint density at radius 2 is 1.40 bits per heavy atom. The van der Waals surface area contributed by atoms with E-state index in [2.05, 4.69) is 42.8 Å². The summed E-state index contributed by atoms with van der Waals surface area (Å²) in [6.07, 6.45) is 8.95. The largest absolute Gasteiger partial charge is 0.489 e. The van der Waals surface area contributed by atoms with Crippen molar-refractivity contribution in [2.24, 2.45) is 0 Å². The van der Waals surface area contributed by atoms with Crippen molar-refractivity contribution in [3.8, 4) is 28.1 Å². The summed E-state index contributed by atoms with van der Waals surface area (Å²) in [6, 6.07) is 20.0. The second-order valence-corrected chi connectivity index (χ2v) is 9.51. The van der Waals surface area contributed by atoms with Crippen LogP contribution < -0.4 is 4.74 Å². The van der Waals surface area contributed by atoms with Crippen molar-refractivity contribution in [1.29, 1.82) is 0 Å². The van der Waals surface area contributed by atoms with Crippen LogP contribution in [-0.2, 0) is 4.74 Å². The van der Waals surface area contributed by atoms with Crippen molar-refractivity contribution in [3.05, 3.63) is 84.3 Å². The first-order valence-electron chi connectivity index (χ1n) is 12.8. The van der Waals surface area contributed by atoms with Gasteiger partial charge in [0.25, 0.3) is 5.95 Å². The van der Waals surface area contributed by atoms with Crippen LogP contribution in [0.5, 0.6) is 5.75 Å². The van der Waals surface area contributed by atoms with Gasteiger partial charge < -0.3 is 9.47 Å². The van der Waals surface area contributed by atoms with Crippen molar-refractivity contribution in [2.45, 2.75) is 64.4 Å². The summed E-state index contributed by atoms with van der Waals surface area (Å²) in [5.41, 5.74) is 6.37. The molecule has 1 aliphatic carbocycles. The van der Waals surface area contributed by atoms with Crippen molar-refractivity contribution >= 4 is 0 Å². The topological polar surface area (TPSA) is 31.4 Å². The van der Waals surface area contributed by atoms with Crippen molar-refractivity contribution in [2.75, 3.05) is 13.2 Å². The number of rotatable bonds is 11. The smallest absolute Gasteiger partial charge is 0.255 e. The van der Waals surface area contributed by atoms with E-state index in [1.165, 1.54) is 11.1 Å². The van der Waals surface area contributed by atoms with Gasteiger partial charge in [-0.25, -0.2) is 4.98 Å². The maximum atomic E-state index is 14.5. The van der Waals surface area contributed by atoms with Crippen LogP contribution in [-0.4, -0.2) is 24.3 Å². The minimum absolute atomic E-state index is 0.215. The Labute approximate surface area is 209 Å². The molecule has 35 heavy (non-hydrogen) atoms. The molecule has 1 saturated carbocycles. The molecule has 0 unspecified atom stereocenters. The average molecular weight is 474 g/mol. The maximum Gasteiger partial charge on any atom is 0.255 e. The fourth-order valence-electron chi connectivity index (χ4n) is 4.43. The van der Waals surface area contributed by atoms with Gasteiger partial charge in [-0.1, -0.05) is 72.7 Å². The predicted molar refractivity (Wildman–Crippen MR) is 141 cm³/mol. The molecule has 184 valence electrons. The number of halogens is 1. The van der Waals surface area contributed by atoms with E-state index in [4.69, 9.17) is 9.47 Å². The lowest BCUT2D eigenvalue weighted by molar-refractivity contribution is 0.0332. The lowest BCUT2D eigenvalue weighted by Gasteiger charge is -2.23. The zero-order valence-corrected chi connectivity index (χ0v) is 20.8. The Kier molecular flexibility index (Phi) is 9.08. The molecule has 1 fully saturated rings. The number of allylic oxidation sites excluding steroid dienone is 1. The van der Waals surface area contributed by atoms with E-state index in [0.29, 0.717) is 18.4 Å². The Balaban J connectivity index is 1.17. The van der Waals surface area contributed by atoms with E-state index in [1.807, 2.05) is 30.3 Å². The average Bonchev–Trinajstić information content (AvgIpc) is 2.88. The number of aryl methyl sites for hydroxylation is 1. The van der Waals surface area contributed by atoms with Crippen LogP contribution >= 0.6 is 0 Å². The van der Waals surface area contributed by atoms with Gasteiger partial charge in [-0.2, -0.15) is 4.39 Å². The molecule has 3 nitrogen and oxygen atoms in total. The van der Waals surface area contributed by atoms with E-state index in [-0.39, 0.29) is 5.75 Å². The first kappa shape index (κ1) is 25.1. The van der Waals surface area contributed by atoms with Gasteiger partial charge in [0.15, 0.2) is 5.75 Å². The molecule has 4 rings (SSSR count). The van der Waals surface area contributed by atoms with E-state index in [9.17, 15) is 4.39 Å². The first-order chi connectivity index (χ1) is 17.1. The summed E-state index contributed by atoms with van der Waals surface area (Å²) in [5, 5.41) is 0. The third-order valence-corrected chi connectivity index (χ3v) is 6.67. The van der Waals surface area contributed by atoms with Crippen molar-refractivity contribution in [3.63, 3.8) is 0 Å². The Bertz CT molecular complexity index is 1080. The lowest BCUT2D eigenvalue weighted by Crippen LogP contribution is -2.18. The minimum Gasteiger partial charge on any atom is -0.489 e. The molecule has 0 bridgehead atoms. The molecular formula is C31H36FNO2. The van der Waals surface area contributed by atoms with Crippen LogP contribution in [0.2, 0.25) is 0 Å². The minimum atomic E-state index is -0.561. The molecule has 1 aromatic heterocycles. The Morgan fingerprint density at radius 1 is 0.800 bits per heavy atom. The number of nitrogens with zero attached hydrogens (tertiary/aromatic N) is 1. The number of hydrogen-bond donors (Lipinski definition) is 0. The standard InChI is InChI=1S/C31H36FNO2/c1-23-7-11-25(12-8-23)26-13-15-27(16-14-26)29-19-20-30(31(32)33-29)35-22-6-4-3-5-21-34-28-17-9-24(2)10-18-28/h7-8,11-16,19-20,28H,2-6,9-10,17-18,21-22H2,1H3. The molecule has 1 heterocycles. The molecule has 2 aromatic carbocycles.